The van der Waals surface area contributed by atoms with E-state index in [1.807, 2.05) is 24.3 Å². The van der Waals surface area contributed by atoms with Gasteiger partial charge in [0.15, 0.2) is 0 Å². The van der Waals surface area contributed by atoms with E-state index in [4.69, 9.17) is 4.74 Å². The second kappa shape index (κ2) is 7.42. The van der Waals surface area contributed by atoms with E-state index in [2.05, 4.69) is 10.2 Å². The Morgan fingerprint density at radius 3 is 2.57 bits per heavy atom. The number of esters is 1. The van der Waals surface area contributed by atoms with Crippen LogP contribution < -0.4 is 10.2 Å². The first-order valence-electron chi connectivity index (χ1n) is 10.7. The Bertz CT molecular complexity index is 967. The Morgan fingerprint density at radius 2 is 1.80 bits per heavy atom. The fourth-order valence-corrected chi connectivity index (χ4v) is 5.15. The number of amides is 1. The van der Waals surface area contributed by atoms with Gasteiger partial charge in [0.2, 0.25) is 5.91 Å². The lowest BCUT2D eigenvalue weighted by molar-refractivity contribution is -0.128. The number of nitrogens with one attached hydrogen (secondary N) is 1. The first-order chi connectivity index (χ1) is 14.5. The molecule has 1 spiro atoms. The highest BCUT2D eigenvalue weighted by Gasteiger charge is 2.48. The van der Waals surface area contributed by atoms with Gasteiger partial charge < -0.3 is 15.0 Å². The third-order valence-electron chi connectivity index (χ3n) is 6.82. The molecule has 2 heterocycles. The summed E-state index contributed by atoms with van der Waals surface area (Å²) in [5.41, 5.74) is 2.05. The molecule has 0 unspecified atom stereocenters. The van der Waals surface area contributed by atoms with Crippen molar-refractivity contribution in [2.24, 2.45) is 5.92 Å². The minimum Gasteiger partial charge on any atom is -0.451 e. The quantitative estimate of drug-likeness (QED) is 0.786. The van der Waals surface area contributed by atoms with Crippen LogP contribution in [-0.4, -0.2) is 31.0 Å². The molecule has 2 aromatic rings. The zero-order valence-corrected chi connectivity index (χ0v) is 16.8. The molecule has 0 radical (unpaired) electrons. The second-order valence-corrected chi connectivity index (χ2v) is 8.62. The van der Waals surface area contributed by atoms with Gasteiger partial charge in [0, 0.05) is 36.3 Å². The van der Waals surface area contributed by atoms with Gasteiger partial charge in [-0.2, -0.15) is 0 Å². The highest BCUT2D eigenvalue weighted by Crippen LogP contribution is 2.48. The van der Waals surface area contributed by atoms with Gasteiger partial charge in [-0.05, 0) is 62.4 Å². The molecule has 1 N–H and O–H groups in total. The van der Waals surface area contributed by atoms with Crippen LogP contribution >= 0.6 is 0 Å². The van der Waals surface area contributed by atoms with E-state index in [9.17, 15) is 14.0 Å². The summed E-state index contributed by atoms with van der Waals surface area (Å²) >= 11 is 0. The van der Waals surface area contributed by atoms with Crippen LogP contribution in [0.2, 0.25) is 0 Å². The molecule has 1 aliphatic carbocycles. The van der Waals surface area contributed by atoms with Crippen molar-refractivity contribution in [3.8, 4) is 0 Å². The molecule has 0 bridgehead atoms. The number of benzene rings is 2. The lowest BCUT2D eigenvalue weighted by Crippen LogP contribution is -2.43. The largest absolute Gasteiger partial charge is 0.451 e. The topological polar surface area (TPSA) is 58.6 Å². The van der Waals surface area contributed by atoms with Crippen LogP contribution in [0.3, 0.4) is 0 Å². The molecule has 2 aromatic carbocycles. The van der Waals surface area contributed by atoms with Gasteiger partial charge in [-0.15, -0.1) is 0 Å². The van der Waals surface area contributed by atoms with E-state index in [0.717, 1.165) is 30.8 Å². The number of hydrogen-bond donors (Lipinski definition) is 1. The molecule has 6 heteroatoms. The Hall–Kier alpha value is -2.89. The molecular formula is C24H25FN2O3. The predicted octanol–water partition coefficient (Wildman–Crippen LogP) is 3.78. The van der Waals surface area contributed by atoms with Gasteiger partial charge in [-0.25, -0.2) is 9.18 Å². The molecule has 5 nitrogen and oxygen atoms in total. The third kappa shape index (κ3) is 3.34. The van der Waals surface area contributed by atoms with Crippen molar-refractivity contribution in [3.63, 3.8) is 0 Å². The molecular weight excluding hydrogens is 383 g/mol. The van der Waals surface area contributed by atoms with Gasteiger partial charge in [0.25, 0.3) is 0 Å². The van der Waals surface area contributed by atoms with Crippen molar-refractivity contribution < 1.29 is 18.7 Å². The maximum absolute atomic E-state index is 13.1. The fraction of sp³-hybridized carbons (Fsp3) is 0.417. The lowest BCUT2D eigenvalue weighted by Gasteiger charge is -2.36. The molecule has 1 atom stereocenters. The normalized spacial score (nSPS) is 27.8. The number of fused-ring (bicyclic) bond motifs is 2. The Labute approximate surface area is 175 Å². The average molecular weight is 408 g/mol. The Kier molecular flexibility index (Phi) is 4.72. The van der Waals surface area contributed by atoms with Gasteiger partial charge in [0.05, 0.1) is 5.56 Å². The van der Waals surface area contributed by atoms with Crippen LogP contribution in [0.25, 0.3) is 0 Å². The van der Waals surface area contributed by atoms with E-state index in [1.54, 1.807) is 12.1 Å². The molecule has 1 amide bonds. The molecule has 2 aliphatic heterocycles. The van der Waals surface area contributed by atoms with E-state index in [0.29, 0.717) is 31.2 Å². The van der Waals surface area contributed by atoms with E-state index in [1.165, 1.54) is 12.1 Å². The molecule has 156 valence electrons. The summed E-state index contributed by atoms with van der Waals surface area (Å²) in [4.78, 5) is 27.3. The number of ether oxygens (including phenoxy) is 1. The maximum Gasteiger partial charge on any atom is 0.339 e. The summed E-state index contributed by atoms with van der Waals surface area (Å²) in [7, 11) is 0. The maximum atomic E-state index is 13.1. The van der Waals surface area contributed by atoms with Crippen LogP contribution in [0.5, 0.6) is 0 Å². The molecule has 1 saturated carbocycles. The van der Waals surface area contributed by atoms with Crippen molar-refractivity contribution in [3.05, 3.63) is 65.5 Å². The first kappa shape index (κ1) is 19.1. The molecule has 3 aliphatic rings. The van der Waals surface area contributed by atoms with E-state index < -0.39 is 5.60 Å². The summed E-state index contributed by atoms with van der Waals surface area (Å²) in [6.07, 6.45) is 3.66. The van der Waals surface area contributed by atoms with Crippen molar-refractivity contribution >= 4 is 17.6 Å². The van der Waals surface area contributed by atoms with Crippen LogP contribution in [0.4, 0.5) is 10.1 Å². The summed E-state index contributed by atoms with van der Waals surface area (Å²) in [5.74, 6) is -0.454. The van der Waals surface area contributed by atoms with E-state index >= 15 is 0 Å². The number of halogens is 1. The molecule has 0 aromatic heterocycles. The number of hydrogen-bond acceptors (Lipinski definition) is 4. The zero-order chi connectivity index (χ0) is 20.7. The number of carbonyl (C=O) groups is 2. The van der Waals surface area contributed by atoms with Gasteiger partial charge >= 0.3 is 5.97 Å². The molecule has 1 saturated heterocycles. The van der Waals surface area contributed by atoms with Gasteiger partial charge in [0.1, 0.15) is 11.4 Å². The minimum atomic E-state index is -0.558. The van der Waals surface area contributed by atoms with Crippen LogP contribution in [-0.2, 0) is 15.1 Å². The lowest BCUT2D eigenvalue weighted by atomic mass is 9.74. The van der Waals surface area contributed by atoms with Crippen molar-refractivity contribution in [1.82, 2.24) is 5.32 Å². The predicted molar refractivity (Wildman–Crippen MR) is 111 cm³/mol. The van der Waals surface area contributed by atoms with Crippen LogP contribution in [0, 0.1) is 11.7 Å². The SMILES string of the molecule is O=C1OC2(CCC(C(=O)N[C@H]3CCN(c4ccc(F)cc4)C3)CC2)c2ccccc21. The number of nitrogens with zero attached hydrogens (tertiary/aromatic N) is 1. The van der Waals surface area contributed by atoms with Crippen LogP contribution in [0.1, 0.15) is 48.0 Å². The monoisotopic (exact) mass is 408 g/mol. The number of carbonyl (C=O) groups excluding carboxylic acids is 2. The minimum absolute atomic E-state index is 0.0537. The molecule has 5 rings (SSSR count). The van der Waals surface area contributed by atoms with Crippen LogP contribution in [0.15, 0.2) is 48.5 Å². The molecule has 30 heavy (non-hydrogen) atoms. The Balaban J connectivity index is 1.17. The highest BCUT2D eigenvalue weighted by molar-refractivity contribution is 5.94. The van der Waals surface area contributed by atoms with E-state index in [-0.39, 0.29) is 29.7 Å². The second-order valence-electron chi connectivity index (χ2n) is 8.62. The first-order valence-corrected chi connectivity index (χ1v) is 10.7. The van der Waals surface area contributed by atoms with Gasteiger partial charge in [-0.3, -0.25) is 4.79 Å². The zero-order valence-electron chi connectivity index (χ0n) is 16.8. The number of anilines is 1. The summed E-state index contributed by atoms with van der Waals surface area (Å²) in [5, 5.41) is 3.20. The Morgan fingerprint density at radius 1 is 1.07 bits per heavy atom. The summed E-state index contributed by atoms with van der Waals surface area (Å²) in [6, 6.07) is 14.2. The van der Waals surface area contributed by atoms with Crippen molar-refractivity contribution in [2.75, 3.05) is 18.0 Å². The summed E-state index contributed by atoms with van der Waals surface area (Å²) < 4.78 is 18.9. The average Bonchev–Trinajstić information content (AvgIpc) is 3.33. The third-order valence-corrected chi connectivity index (χ3v) is 6.82. The van der Waals surface area contributed by atoms with Crippen molar-refractivity contribution in [1.29, 1.82) is 0 Å². The standard InChI is InChI=1S/C24H25FN2O3/c25-17-5-7-19(8-6-17)27-14-11-18(15-27)26-22(28)16-9-12-24(13-10-16)21-4-2-1-3-20(21)23(29)30-24/h1-8,16,18H,9-15H2,(H,26,28)/t16?,18-,24?/m0/s1. The summed E-state index contributed by atoms with van der Waals surface area (Å²) in [6.45, 7) is 1.58. The fourth-order valence-electron chi connectivity index (χ4n) is 5.15. The highest BCUT2D eigenvalue weighted by atomic mass is 19.1. The molecule has 2 fully saturated rings. The van der Waals surface area contributed by atoms with Gasteiger partial charge in [-0.1, -0.05) is 18.2 Å². The smallest absolute Gasteiger partial charge is 0.339 e. The van der Waals surface area contributed by atoms with Crippen molar-refractivity contribution in [2.45, 2.75) is 43.7 Å². The number of rotatable bonds is 3.